The highest BCUT2D eigenvalue weighted by atomic mass is 79.9. The van der Waals surface area contributed by atoms with Crippen molar-refractivity contribution in [2.75, 3.05) is 6.54 Å². The second-order valence-corrected chi connectivity index (χ2v) is 6.17. The van der Waals surface area contributed by atoms with Crippen LogP contribution < -0.4 is 0 Å². The summed E-state index contributed by atoms with van der Waals surface area (Å²) in [6.07, 6.45) is 5.49. The summed E-state index contributed by atoms with van der Waals surface area (Å²) in [7, 11) is 0. The Morgan fingerprint density at radius 2 is 2.40 bits per heavy atom. The molecular formula is C12H18BrNS. The molecule has 0 saturated carbocycles. The lowest BCUT2D eigenvalue weighted by molar-refractivity contribution is 0.137. The highest BCUT2D eigenvalue weighted by Gasteiger charge is 2.20. The maximum atomic E-state index is 3.52. The highest BCUT2D eigenvalue weighted by Crippen LogP contribution is 2.25. The molecular weight excluding hydrogens is 270 g/mol. The van der Waals surface area contributed by atoms with Crippen molar-refractivity contribution in [3.8, 4) is 0 Å². The van der Waals surface area contributed by atoms with Gasteiger partial charge in [0.15, 0.2) is 0 Å². The molecule has 0 N–H and O–H groups in total. The molecule has 2 rings (SSSR count). The molecule has 1 fully saturated rings. The predicted molar refractivity (Wildman–Crippen MR) is 70.4 cm³/mol. The molecule has 1 saturated heterocycles. The van der Waals surface area contributed by atoms with Crippen LogP contribution in [0, 0.1) is 0 Å². The van der Waals surface area contributed by atoms with Gasteiger partial charge in [0.25, 0.3) is 0 Å². The van der Waals surface area contributed by atoms with E-state index in [4.69, 9.17) is 0 Å². The lowest BCUT2D eigenvalue weighted by Gasteiger charge is -2.34. The van der Waals surface area contributed by atoms with Gasteiger partial charge in [0.1, 0.15) is 0 Å². The average molecular weight is 288 g/mol. The van der Waals surface area contributed by atoms with Crippen LogP contribution in [-0.4, -0.2) is 17.5 Å². The zero-order valence-corrected chi connectivity index (χ0v) is 11.6. The number of hydrogen-bond acceptors (Lipinski definition) is 2. The standard InChI is InChI=1S/C12H18BrNS/c1-2-11-5-3-4-6-14(11)8-12-7-10(13)9-15-12/h7,9,11H,2-6,8H2,1H3. The van der Waals surface area contributed by atoms with E-state index in [-0.39, 0.29) is 0 Å². The Bertz CT molecular complexity index is 310. The van der Waals surface area contributed by atoms with Crippen molar-refractivity contribution in [1.82, 2.24) is 4.90 Å². The van der Waals surface area contributed by atoms with Crippen molar-refractivity contribution < 1.29 is 0 Å². The molecule has 0 aromatic carbocycles. The molecule has 84 valence electrons. The van der Waals surface area contributed by atoms with Crippen LogP contribution in [0.5, 0.6) is 0 Å². The molecule has 0 bridgehead atoms. The quantitative estimate of drug-likeness (QED) is 0.802. The van der Waals surface area contributed by atoms with Crippen LogP contribution in [0.4, 0.5) is 0 Å². The summed E-state index contributed by atoms with van der Waals surface area (Å²) in [6.45, 7) is 4.75. The van der Waals surface area contributed by atoms with Gasteiger partial charge in [-0.3, -0.25) is 4.90 Å². The summed E-state index contributed by atoms with van der Waals surface area (Å²) in [4.78, 5) is 4.14. The van der Waals surface area contributed by atoms with Gasteiger partial charge in [-0.2, -0.15) is 0 Å². The average Bonchev–Trinajstić information content (AvgIpc) is 2.65. The zero-order chi connectivity index (χ0) is 10.7. The fourth-order valence-electron chi connectivity index (χ4n) is 2.37. The Balaban J connectivity index is 1.97. The molecule has 0 amide bonds. The molecule has 15 heavy (non-hydrogen) atoms. The maximum Gasteiger partial charge on any atom is 0.0331 e. The van der Waals surface area contributed by atoms with Gasteiger partial charge in [-0.1, -0.05) is 13.3 Å². The number of likely N-dealkylation sites (tertiary alicyclic amines) is 1. The van der Waals surface area contributed by atoms with E-state index in [1.54, 1.807) is 0 Å². The number of nitrogens with zero attached hydrogens (tertiary/aromatic N) is 1. The summed E-state index contributed by atoms with van der Waals surface area (Å²) < 4.78 is 1.23. The number of halogens is 1. The lowest BCUT2D eigenvalue weighted by Crippen LogP contribution is -2.38. The van der Waals surface area contributed by atoms with Crippen LogP contribution in [0.1, 0.15) is 37.5 Å². The fraction of sp³-hybridized carbons (Fsp3) is 0.667. The van der Waals surface area contributed by atoms with E-state index in [0.29, 0.717) is 0 Å². The van der Waals surface area contributed by atoms with Crippen LogP contribution in [0.25, 0.3) is 0 Å². The second-order valence-electron chi connectivity index (χ2n) is 4.26. The molecule has 1 aliphatic rings. The van der Waals surface area contributed by atoms with Gasteiger partial charge in [-0.25, -0.2) is 0 Å². The number of thiophene rings is 1. The normalized spacial score (nSPS) is 23.2. The van der Waals surface area contributed by atoms with Crippen molar-refractivity contribution in [2.24, 2.45) is 0 Å². The summed E-state index contributed by atoms with van der Waals surface area (Å²) in [5, 5.41) is 2.18. The minimum Gasteiger partial charge on any atom is -0.295 e. The van der Waals surface area contributed by atoms with E-state index >= 15 is 0 Å². The third-order valence-electron chi connectivity index (χ3n) is 3.20. The molecule has 3 heteroatoms. The number of piperidine rings is 1. The molecule has 2 heterocycles. The number of hydrogen-bond donors (Lipinski definition) is 0. The van der Waals surface area contributed by atoms with Crippen molar-refractivity contribution in [3.05, 3.63) is 20.8 Å². The summed E-state index contributed by atoms with van der Waals surface area (Å²) in [5.41, 5.74) is 0. The van der Waals surface area contributed by atoms with Crippen molar-refractivity contribution in [1.29, 1.82) is 0 Å². The van der Waals surface area contributed by atoms with E-state index in [1.807, 2.05) is 11.3 Å². The first-order valence-electron chi connectivity index (χ1n) is 5.76. The molecule has 1 unspecified atom stereocenters. The second kappa shape index (κ2) is 5.46. The predicted octanol–water partition coefficient (Wildman–Crippen LogP) is 4.28. The largest absolute Gasteiger partial charge is 0.295 e. The van der Waals surface area contributed by atoms with E-state index in [0.717, 1.165) is 12.6 Å². The monoisotopic (exact) mass is 287 g/mol. The van der Waals surface area contributed by atoms with Crippen molar-refractivity contribution >= 4 is 27.3 Å². The molecule has 1 aromatic heterocycles. The van der Waals surface area contributed by atoms with Gasteiger partial charge in [-0.15, -0.1) is 11.3 Å². The molecule has 0 spiro atoms. The Morgan fingerprint density at radius 3 is 3.07 bits per heavy atom. The Labute approximate surface area is 105 Å². The molecule has 1 aliphatic heterocycles. The summed E-state index contributed by atoms with van der Waals surface area (Å²) >= 11 is 5.39. The summed E-state index contributed by atoms with van der Waals surface area (Å²) in [5.74, 6) is 0. The topological polar surface area (TPSA) is 3.24 Å². The van der Waals surface area contributed by atoms with Crippen LogP contribution in [-0.2, 0) is 6.54 Å². The molecule has 0 radical (unpaired) electrons. The first-order valence-corrected chi connectivity index (χ1v) is 7.44. The van der Waals surface area contributed by atoms with E-state index in [2.05, 4.69) is 39.2 Å². The molecule has 1 aromatic rings. The van der Waals surface area contributed by atoms with Gasteiger partial charge in [0.2, 0.25) is 0 Å². The van der Waals surface area contributed by atoms with Crippen molar-refractivity contribution in [3.63, 3.8) is 0 Å². The Kier molecular flexibility index (Phi) is 4.23. The van der Waals surface area contributed by atoms with Crippen LogP contribution in [0.2, 0.25) is 0 Å². The van der Waals surface area contributed by atoms with E-state index < -0.39 is 0 Å². The van der Waals surface area contributed by atoms with Crippen molar-refractivity contribution in [2.45, 2.75) is 45.2 Å². The molecule has 1 atom stereocenters. The molecule has 1 nitrogen and oxygen atoms in total. The SMILES string of the molecule is CCC1CCCCN1Cc1cc(Br)cs1. The highest BCUT2D eigenvalue weighted by molar-refractivity contribution is 9.10. The van der Waals surface area contributed by atoms with Crippen LogP contribution in [0.15, 0.2) is 15.9 Å². The minimum absolute atomic E-state index is 0.819. The first-order chi connectivity index (χ1) is 7.29. The summed E-state index contributed by atoms with van der Waals surface area (Å²) in [6, 6.07) is 3.08. The minimum atomic E-state index is 0.819. The smallest absolute Gasteiger partial charge is 0.0331 e. The van der Waals surface area contributed by atoms with E-state index in [1.165, 1.54) is 41.6 Å². The van der Waals surface area contributed by atoms with Gasteiger partial charge >= 0.3 is 0 Å². The van der Waals surface area contributed by atoms with Gasteiger partial charge in [-0.05, 0) is 47.8 Å². The van der Waals surface area contributed by atoms with Crippen LogP contribution >= 0.6 is 27.3 Å². The Hall–Kier alpha value is 0.140. The fourth-order valence-corrected chi connectivity index (χ4v) is 3.84. The van der Waals surface area contributed by atoms with Gasteiger partial charge in [0, 0.05) is 27.3 Å². The third kappa shape index (κ3) is 3.05. The Morgan fingerprint density at radius 1 is 1.53 bits per heavy atom. The lowest BCUT2D eigenvalue weighted by atomic mass is 10.00. The molecule has 0 aliphatic carbocycles. The van der Waals surface area contributed by atoms with Gasteiger partial charge < -0.3 is 0 Å². The van der Waals surface area contributed by atoms with Gasteiger partial charge in [0.05, 0.1) is 0 Å². The van der Waals surface area contributed by atoms with E-state index in [9.17, 15) is 0 Å². The van der Waals surface area contributed by atoms with Crippen LogP contribution in [0.3, 0.4) is 0 Å². The first kappa shape index (κ1) is 11.6. The third-order valence-corrected chi connectivity index (χ3v) is 4.88. The number of rotatable bonds is 3. The zero-order valence-electron chi connectivity index (χ0n) is 9.21. The maximum absolute atomic E-state index is 3.52.